The van der Waals surface area contributed by atoms with Crippen molar-refractivity contribution in [2.24, 2.45) is 0 Å². The fourth-order valence-electron chi connectivity index (χ4n) is 0.851. The van der Waals surface area contributed by atoms with Crippen molar-refractivity contribution in [3.05, 3.63) is 24.5 Å². The Morgan fingerprint density at radius 1 is 1.77 bits per heavy atom. The molecular weight excluding hydrogens is 168 g/mol. The summed E-state index contributed by atoms with van der Waals surface area (Å²) in [5.74, 6) is -0.352. The van der Waals surface area contributed by atoms with E-state index in [1.807, 2.05) is 6.92 Å². The Hall–Kier alpha value is -1.58. The third-order valence-electron chi connectivity index (χ3n) is 1.48. The number of allylic oxidation sites excluding steroid dienone is 1. The van der Waals surface area contributed by atoms with Crippen LogP contribution in [0.3, 0.4) is 0 Å². The molecule has 0 saturated carbocycles. The van der Waals surface area contributed by atoms with Crippen LogP contribution in [0.5, 0.6) is 0 Å². The second kappa shape index (κ2) is 3.89. The Labute approximate surface area is 76.8 Å². The first-order valence-electron chi connectivity index (χ1n) is 4.02. The molecule has 1 rings (SSSR count). The van der Waals surface area contributed by atoms with E-state index in [0.29, 0.717) is 12.2 Å². The van der Waals surface area contributed by atoms with Crippen LogP contribution in [0.4, 0.5) is 0 Å². The first kappa shape index (κ1) is 9.51. The molecule has 1 heterocycles. The standard InChI is InChI=1S/C9H12N2O2/c1-4-13-9(12)8-5-10-11(6-8)7(2)3/h5-6H,2,4H2,1,3H3. The van der Waals surface area contributed by atoms with E-state index < -0.39 is 0 Å². The number of hydrogen-bond acceptors (Lipinski definition) is 3. The highest BCUT2D eigenvalue weighted by atomic mass is 16.5. The van der Waals surface area contributed by atoms with Crippen LogP contribution in [0.2, 0.25) is 0 Å². The van der Waals surface area contributed by atoms with Crippen molar-refractivity contribution in [3.8, 4) is 0 Å². The lowest BCUT2D eigenvalue weighted by Gasteiger charge is -1.97. The predicted octanol–water partition coefficient (Wildman–Crippen LogP) is 1.55. The van der Waals surface area contributed by atoms with E-state index in [0.717, 1.165) is 5.70 Å². The largest absolute Gasteiger partial charge is 0.462 e. The van der Waals surface area contributed by atoms with E-state index in [1.165, 1.54) is 10.9 Å². The minimum Gasteiger partial charge on any atom is -0.462 e. The maximum Gasteiger partial charge on any atom is 0.341 e. The zero-order valence-electron chi connectivity index (χ0n) is 7.78. The summed E-state index contributed by atoms with van der Waals surface area (Å²) in [6, 6.07) is 0. The van der Waals surface area contributed by atoms with Crippen molar-refractivity contribution < 1.29 is 9.53 Å². The van der Waals surface area contributed by atoms with Gasteiger partial charge < -0.3 is 4.74 Å². The molecule has 0 bridgehead atoms. The number of rotatable bonds is 3. The molecule has 4 nitrogen and oxygen atoms in total. The van der Waals surface area contributed by atoms with Gasteiger partial charge in [0.2, 0.25) is 0 Å². The van der Waals surface area contributed by atoms with Gasteiger partial charge in [0, 0.05) is 11.9 Å². The van der Waals surface area contributed by atoms with E-state index in [9.17, 15) is 4.79 Å². The van der Waals surface area contributed by atoms with Crippen LogP contribution in [0.25, 0.3) is 5.70 Å². The second-order valence-corrected chi connectivity index (χ2v) is 2.63. The normalized spacial score (nSPS) is 9.69. The number of nitrogens with zero attached hydrogens (tertiary/aromatic N) is 2. The number of aromatic nitrogens is 2. The van der Waals surface area contributed by atoms with E-state index in [-0.39, 0.29) is 5.97 Å². The van der Waals surface area contributed by atoms with Crippen LogP contribution in [-0.4, -0.2) is 22.4 Å². The quantitative estimate of drug-likeness (QED) is 0.663. The van der Waals surface area contributed by atoms with Crippen LogP contribution in [0.15, 0.2) is 19.0 Å². The fourth-order valence-corrected chi connectivity index (χ4v) is 0.851. The Morgan fingerprint density at radius 3 is 2.92 bits per heavy atom. The summed E-state index contributed by atoms with van der Waals surface area (Å²) in [7, 11) is 0. The van der Waals surface area contributed by atoms with Crippen LogP contribution in [0.1, 0.15) is 24.2 Å². The van der Waals surface area contributed by atoms with E-state index in [2.05, 4.69) is 11.7 Å². The summed E-state index contributed by atoms with van der Waals surface area (Å²) in [4.78, 5) is 11.2. The first-order chi connectivity index (χ1) is 6.15. The van der Waals surface area contributed by atoms with Crippen molar-refractivity contribution in [2.45, 2.75) is 13.8 Å². The lowest BCUT2D eigenvalue weighted by atomic mass is 10.4. The Balaban J connectivity index is 2.79. The Morgan fingerprint density at radius 2 is 2.46 bits per heavy atom. The van der Waals surface area contributed by atoms with Gasteiger partial charge in [-0.15, -0.1) is 0 Å². The van der Waals surface area contributed by atoms with Crippen molar-refractivity contribution in [2.75, 3.05) is 6.61 Å². The van der Waals surface area contributed by atoms with E-state index in [4.69, 9.17) is 4.74 Å². The molecule has 0 fully saturated rings. The van der Waals surface area contributed by atoms with Gasteiger partial charge in [-0.25, -0.2) is 9.48 Å². The molecule has 4 heteroatoms. The zero-order chi connectivity index (χ0) is 9.84. The smallest absolute Gasteiger partial charge is 0.341 e. The van der Waals surface area contributed by atoms with E-state index >= 15 is 0 Å². The van der Waals surface area contributed by atoms with Gasteiger partial charge in [-0.3, -0.25) is 0 Å². The van der Waals surface area contributed by atoms with Crippen molar-refractivity contribution >= 4 is 11.7 Å². The molecule has 0 aromatic carbocycles. The third kappa shape index (κ3) is 2.18. The lowest BCUT2D eigenvalue weighted by Crippen LogP contribution is -2.03. The van der Waals surface area contributed by atoms with Gasteiger partial charge >= 0.3 is 5.97 Å². The highest BCUT2D eigenvalue weighted by Crippen LogP contribution is 2.04. The number of ether oxygens (including phenoxy) is 1. The molecule has 0 saturated heterocycles. The molecule has 0 radical (unpaired) electrons. The van der Waals surface area contributed by atoms with Gasteiger partial charge in [-0.05, 0) is 13.8 Å². The molecule has 0 atom stereocenters. The lowest BCUT2D eigenvalue weighted by molar-refractivity contribution is 0.0526. The molecule has 13 heavy (non-hydrogen) atoms. The maximum absolute atomic E-state index is 11.2. The second-order valence-electron chi connectivity index (χ2n) is 2.63. The molecular formula is C9H12N2O2. The Bertz CT molecular complexity index is 328. The SMILES string of the molecule is C=C(C)n1cc(C(=O)OCC)cn1. The third-order valence-corrected chi connectivity index (χ3v) is 1.48. The Kier molecular flexibility index (Phi) is 2.84. The van der Waals surface area contributed by atoms with Crippen molar-refractivity contribution in [3.63, 3.8) is 0 Å². The summed E-state index contributed by atoms with van der Waals surface area (Å²) in [5, 5.41) is 3.94. The van der Waals surface area contributed by atoms with Gasteiger partial charge in [-0.2, -0.15) is 5.10 Å². The van der Waals surface area contributed by atoms with E-state index in [1.54, 1.807) is 13.1 Å². The molecule has 0 aliphatic rings. The monoisotopic (exact) mass is 180 g/mol. The molecule has 0 aliphatic heterocycles. The summed E-state index contributed by atoms with van der Waals surface area (Å²) in [5.41, 5.74) is 1.21. The number of carbonyl (C=O) groups is 1. The summed E-state index contributed by atoms with van der Waals surface area (Å²) >= 11 is 0. The van der Waals surface area contributed by atoms with Crippen molar-refractivity contribution in [1.82, 2.24) is 9.78 Å². The molecule has 0 aliphatic carbocycles. The van der Waals surface area contributed by atoms with Crippen molar-refractivity contribution in [1.29, 1.82) is 0 Å². The summed E-state index contributed by atoms with van der Waals surface area (Å²) < 4.78 is 6.33. The number of carbonyl (C=O) groups excluding carboxylic acids is 1. The average molecular weight is 180 g/mol. The van der Waals surface area contributed by atoms with Crippen LogP contribution in [0, 0.1) is 0 Å². The van der Waals surface area contributed by atoms with Crippen LogP contribution in [-0.2, 0) is 4.74 Å². The molecule has 70 valence electrons. The van der Waals surface area contributed by atoms with Gasteiger partial charge in [0.15, 0.2) is 0 Å². The molecule has 0 spiro atoms. The molecule has 1 aromatic rings. The highest BCUT2D eigenvalue weighted by molar-refractivity contribution is 5.88. The first-order valence-corrected chi connectivity index (χ1v) is 4.02. The summed E-state index contributed by atoms with van der Waals surface area (Å²) in [6.07, 6.45) is 3.06. The minimum atomic E-state index is -0.352. The van der Waals surface area contributed by atoms with Gasteiger partial charge in [0.1, 0.15) is 0 Å². The van der Waals surface area contributed by atoms with Gasteiger partial charge in [0.25, 0.3) is 0 Å². The molecule has 0 unspecified atom stereocenters. The van der Waals surface area contributed by atoms with Gasteiger partial charge in [0.05, 0.1) is 18.4 Å². The number of esters is 1. The van der Waals surface area contributed by atoms with Crippen LogP contribution < -0.4 is 0 Å². The predicted molar refractivity (Wildman–Crippen MR) is 49.2 cm³/mol. The zero-order valence-corrected chi connectivity index (χ0v) is 7.78. The summed E-state index contributed by atoms with van der Waals surface area (Å²) in [6.45, 7) is 7.64. The topological polar surface area (TPSA) is 44.1 Å². The number of hydrogen-bond donors (Lipinski definition) is 0. The fraction of sp³-hybridized carbons (Fsp3) is 0.333. The average Bonchev–Trinajstić information content (AvgIpc) is 2.52. The van der Waals surface area contributed by atoms with Crippen LogP contribution >= 0.6 is 0 Å². The minimum absolute atomic E-state index is 0.352. The van der Waals surface area contributed by atoms with Gasteiger partial charge in [-0.1, -0.05) is 6.58 Å². The maximum atomic E-state index is 11.2. The highest BCUT2D eigenvalue weighted by Gasteiger charge is 2.08. The molecule has 0 amide bonds. The molecule has 0 N–H and O–H groups in total. The molecule has 1 aromatic heterocycles.